The van der Waals surface area contributed by atoms with Crippen molar-refractivity contribution < 1.29 is 9.84 Å². The van der Waals surface area contributed by atoms with E-state index >= 15 is 0 Å². The second-order valence-corrected chi connectivity index (χ2v) is 4.89. The van der Waals surface area contributed by atoms with E-state index in [1.807, 2.05) is 0 Å². The largest absolute Gasteiger partial charge is 0.396 e. The molecule has 2 nitrogen and oxygen atoms in total. The predicted octanol–water partition coefficient (Wildman–Crippen LogP) is 4.30. The Kier molecular flexibility index (Phi) is 13.9. The van der Waals surface area contributed by atoms with Gasteiger partial charge in [0.1, 0.15) is 0 Å². The maximum absolute atomic E-state index is 8.67. The molecule has 0 saturated heterocycles. The molecule has 0 aromatic heterocycles. The van der Waals surface area contributed by atoms with Crippen molar-refractivity contribution in [3.63, 3.8) is 0 Å². The highest BCUT2D eigenvalue weighted by Crippen LogP contribution is 2.12. The number of aliphatic hydroxyl groups excluding tert-OH is 1. The van der Waals surface area contributed by atoms with Crippen LogP contribution in [0.25, 0.3) is 0 Å². The van der Waals surface area contributed by atoms with Gasteiger partial charge in [-0.15, -0.1) is 0 Å². The van der Waals surface area contributed by atoms with Crippen LogP contribution in [0.2, 0.25) is 0 Å². The molecule has 0 heterocycles. The Balaban J connectivity index is 3.30. The van der Waals surface area contributed by atoms with Crippen molar-refractivity contribution in [3.8, 4) is 0 Å². The quantitative estimate of drug-likeness (QED) is 0.489. The summed E-state index contributed by atoms with van der Waals surface area (Å²) in [6.07, 6.45) is 12.7. The van der Waals surface area contributed by atoms with Crippen LogP contribution in [-0.4, -0.2) is 24.4 Å². The molecule has 2 heteroatoms. The molecule has 0 aromatic rings. The van der Waals surface area contributed by atoms with E-state index in [-0.39, 0.29) is 0 Å². The molecule has 1 unspecified atom stereocenters. The number of hydrogen-bond donors (Lipinski definition) is 1. The van der Waals surface area contributed by atoms with E-state index in [4.69, 9.17) is 9.84 Å². The Bertz CT molecular complexity index is 123. The third-order valence-corrected chi connectivity index (χ3v) is 3.24. The van der Waals surface area contributed by atoms with Gasteiger partial charge in [-0.1, -0.05) is 46.0 Å². The molecule has 0 saturated carbocycles. The minimum atomic E-state index is 0.314. The summed E-state index contributed by atoms with van der Waals surface area (Å²) < 4.78 is 5.86. The lowest BCUT2D eigenvalue weighted by Crippen LogP contribution is -2.12. The van der Waals surface area contributed by atoms with Gasteiger partial charge in [-0.05, 0) is 32.1 Å². The van der Waals surface area contributed by atoms with Gasteiger partial charge in [0, 0.05) is 13.2 Å². The monoisotopic (exact) mass is 244 g/mol. The number of aliphatic hydroxyl groups is 1. The first-order valence-electron chi connectivity index (χ1n) is 7.57. The van der Waals surface area contributed by atoms with Gasteiger partial charge < -0.3 is 9.84 Å². The minimum absolute atomic E-state index is 0.314. The minimum Gasteiger partial charge on any atom is -0.396 e. The number of unbranched alkanes of at least 4 members (excludes halogenated alkanes) is 6. The van der Waals surface area contributed by atoms with Crippen molar-refractivity contribution >= 4 is 0 Å². The average Bonchev–Trinajstić information content (AvgIpc) is 2.36. The highest BCUT2D eigenvalue weighted by molar-refractivity contribution is 4.56. The Morgan fingerprint density at radius 1 is 0.882 bits per heavy atom. The summed E-state index contributed by atoms with van der Waals surface area (Å²) in [5, 5.41) is 8.67. The highest BCUT2D eigenvalue weighted by Gasteiger charge is 2.05. The van der Waals surface area contributed by atoms with Crippen LogP contribution in [-0.2, 0) is 4.74 Å². The van der Waals surface area contributed by atoms with Crippen LogP contribution in [0.1, 0.15) is 78.1 Å². The van der Waals surface area contributed by atoms with E-state index in [0.29, 0.717) is 12.7 Å². The fourth-order valence-corrected chi connectivity index (χ4v) is 2.02. The summed E-state index contributed by atoms with van der Waals surface area (Å²) in [5.74, 6) is 0. The Morgan fingerprint density at radius 3 is 2.24 bits per heavy atom. The molecular weight excluding hydrogens is 212 g/mol. The van der Waals surface area contributed by atoms with Crippen molar-refractivity contribution in [2.75, 3.05) is 13.2 Å². The maximum Gasteiger partial charge on any atom is 0.0572 e. The summed E-state index contributed by atoms with van der Waals surface area (Å²) >= 11 is 0. The van der Waals surface area contributed by atoms with Crippen LogP contribution in [0, 0.1) is 0 Å². The smallest absolute Gasteiger partial charge is 0.0572 e. The third-order valence-electron chi connectivity index (χ3n) is 3.24. The van der Waals surface area contributed by atoms with E-state index in [1.54, 1.807) is 0 Å². The second-order valence-electron chi connectivity index (χ2n) is 4.89. The SMILES string of the molecule is CCCCCCCC(CC)OCCCCCO. The van der Waals surface area contributed by atoms with Crippen molar-refractivity contribution in [1.82, 2.24) is 0 Å². The van der Waals surface area contributed by atoms with E-state index in [2.05, 4.69) is 13.8 Å². The summed E-state index contributed by atoms with van der Waals surface area (Å²) in [6.45, 7) is 5.65. The number of hydrogen-bond acceptors (Lipinski definition) is 2. The summed E-state index contributed by atoms with van der Waals surface area (Å²) in [5.41, 5.74) is 0. The van der Waals surface area contributed by atoms with Gasteiger partial charge in [-0.25, -0.2) is 0 Å². The van der Waals surface area contributed by atoms with E-state index in [9.17, 15) is 0 Å². The van der Waals surface area contributed by atoms with Crippen LogP contribution in [0.3, 0.4) is 0 Å². The lowest BCUT2D eigenvalue weighted by atomic mass is 10.1. The number of ether oxygens (including phenoxy) is 1. The summed E-state index contributed by atoms with van der Waals surface area (Å²) in [7, 11) is 0. The van der Waals surface area contributed by atoms with E-state index < -0.39 is 0 Å². The normalized spacial score (nSPS) is 12.9. The second kappa shape index (κ2) is 14.0. The Morgan fingerprint density at radius 2 is 1.59 bits per heavy atom. The van der Waals surface area contributed by atoms with Gasteiger partial charge in [0.25, 0.3) is 0 Å². The summed E-state index contributed by atoms with van der Waals surface area (Å²) in [6, 6.07) is 0. The molecule has 1 N–H and O–H groups in total. The van der Waals surface area contributed by atoms with Gasteiger partial charge in [0.2, 0.25) is 0 Å². The van der Waals surface area contributed by atoms with Crippen molar-refractivity contribution in [2.24, 2.45) is 0 Å². The first-order chi connectivity index (χ1) is 8.35. The molecule has 0 amide bonds. The van der Waals surface area contributed by atoms with Crippen molar-refractivity contribution in [2.45, 2.75) is 84.2 Å². The topological polar surface area (TPSA) is 29.5 Å². The first kappa shape index (κ1) is 16.9. The van der Waals surface area contributed by atoms with Crippen molar-refractivity contribution in [1.29, 1.82) is 0 Å². The fraction of sp³-hybridized carbons (Fsp3) is 1.00. The third kappa shape index (κ3) is 12.2. The fourth-order valence-electron chi connectivity index (χ4n) is 2.02. The Hall–Kier alpha value is -0.0800. The highest BCUT2D eigenvalue weighted by atomic mass is 16.5. The zero-order chi connectivity index (χ0) is 12.8. The molecular formula is C15H32O2. The molecule has 0 aliphatic rings. The van der Waals surface area contributed by atoms with Gasteiger partial charge >= 0.3 is 0 Å². The van der Waals surface area contributed by atoms with Gasteiger partial charge in [-0.2, -0.15) is 0 Å². The van der Waals surface area contributed by atoms with Crippen LogP contribution in [0.5, 0.6) is 0 Å². The van der Waals surface area contributed by atoms with Gasteiger partial charge in [0.05, 0.1) is 6.10 Å². The number of rotatable bonds is 13. The molecule has 0 radical (unpaired) electrons. The molecule has 104 valence electrons. The molecule has 17 heavy (non-hydrogen) atoms. The van der Waals surface area contributed by atoms with Crippen LogP contribution in [0.4, 0.5) is 0 Å². The summed E-state index contributed by atoms with van der Waals surface area (Å²) in [4.78, 5) is 0. The molecule has 0 aliphatic carbocycles. The lowest BCUT2D eigenvalue weighted by molar-refractivity contribution is 0.0402. The molecule has 0 bridgehead atoms. The van der Waals surface area contributed by atoms with E-state index in [0.717, 1.165) is 32.3 Å². The van der Waals surface area contributed by atoms with Crippen LogP contribution < -0.4 is 0 Å². The molecule has 0 aliphatic heterocycles. The Labute approximate surface area is 108 Å². The van der Waals surface area contributed by atoms with Crippen molar-refractivity contribution in [3.05, 3.63) is 0 Å². The van der Waals surface area contributed by atoms with Crippen LogP contribution >= 0.6 is 0 Å². The first-order valence-corrected chi connectivity index (χ1v) is 7.57. The average molecular weight is 244 g/mol. The molecule has 1 atom stereocenters. The van der Waals surface area contributed by atoms with Gasteiger partial charge in [-0.3, -0.25) is 0 Å². The van der Waals surface area contributed by atoms with E-state index in [1.165, 1.54) is 38.5 Å². The zero-order valence-corrected chi connectivity index (χ0v) is 11.9. The zero-order valence-electron chi connectivity index (χ0n) is 11.9. The maximum atomic E-state index is 8.67. The van der Waals surface area contributed by atoms with Gasteiger partial charge in [0.15, 0.2) is 0 Å². The molecule has 0 aromatic carbocycles. The molecule has 0 fully saturated rings. The van der Waals surface area contributed by atoms with Crippen LogP contribution in [0.15, 0.2) is 0 Å². The molecule has 0 rings (SSSR count). The standard InChI is InChI=1S/C15H32O2/c1-3-5-6-7-9-12-15(4-2)17-14-11-8-10-13-16/h15-16H,3-14H2,1-2H3. The predicted molar refractivity (Wildman–Crippen MR) is 74.3 cm³/mol. The molecule has 0 spiro atoms. The lowest BCUT2D eigenvalue weighted by Gasteiger charge is -2.15.